The maximum absolute atomic E-state index is 12.3. The quantitative estimate of drug-likeness (QED) is 0.173. The lowest BCUT2D eigenvalue weighted by atomic mass is 10.1. The average molecular weight is 459 g/mol. The Kier molecular flexibility index (Phi) is 13.6. The number of quaternary nitrogens is 1. The summed E-state index contributed by atoms with van der Waals surface area (Å²) in [5.74, 6) is -0.977. The molecule has 6 heteroatoms. The lowest BCUT2D eigenvalue weighted by Crippen LogP contribution is -2.43. The van der Waals surface area contributed by atoms with E-state index in [9.17, 15) is 18.0 Å². The van der Waals surface area contributed by atoms with Crippen molar-refractivity contribution < 1.29 is 27.2 Å². The fourth-order valence-corrected chi connectivity index (χ4v) is 3.70. The summed E-state index contributed by atoms with van der Waals surface area (Å²) >= 11 is 0. The molecule has 1 aromatic rings. The van der Waals surface area contributed by atoms with E-state index >= 15 is 0 Å². The van der Waals surface area contributed by atoms with Crippen LogP contribution in [0.25, 0.3) is 0 Å². The van der Waals surface area contributed by atoms with Gasteiger partial charge in [0, 0.05) is 6.42 Å². The van der Waals surface area contributed by atoms with Crippen LogP contribution in [0.2, 0.25) is 0 Å². The topological polar surface area (TPSA) is 26.3 Å². The minimum Gasteiger partial charge on any atom is -0.488 e. The number of Topliss-reactive ketones (excluding diaryl/α,β-unsaturated/α-hetero) is 1. The van der Waals surface area contributed by atoms with Crippen molar-refractivity contribution in [3.8, 4) is 5.75 Å². The van der Waals surface area contributed by atoms with E-state index in [2.05, 4.69) is 21.0 Å². The second-order valence-electron chi connectivity index (χ2n) is 9.48. The third-order valence-electron chi connectivity index (χ3n) is 5.96. The van der Waals surface area contributed by atoms with Crippen molar-refractivity contribution in [3.63, 3.8) is 0 Å². The van der Waals surface area contributed by atoms with E-state index in [0.29, 0.717) is 17.9 Å². The molecule has 0 amide bonds. The molecule has 184 valence electrons. The number of halogens is 3. The van der Waals surface area contributed by atoms with E-state index in [1.165, 1.54) is 64.2 Å². The number of hydrogen-bond donors (Lipinski definition) is 0. The Morgan fingerprint density at radius 2 is 1.38 bits per heavy atom. The Labute approximate surface area is 192 Å². The van der Waals surface area contributed by atoms with Crippen molar-refractivity contribution >= 4 is 5.78 Å². The van der Waals surface area contributed by atoms with Crippen molar-refractivity contribution in [1.29, 1.82) is 0 Å². The summed E-state index contributed by atoms with van der Waals surface area (Å²) in [6.45, 7) is 4.88. The van der Waals surface area contributed by atoms with E-state index in [4.69, 9.17) is 4.74 Å². The van der Waals surface area contributed by atoms with Crippen LogP contribution in [0.5, 0.6) is 5.75 Å². The van der Waals surface area contributed by atoms with Crippen molar-refractivity contribution in [3.05, 3.63) is 29.8 Å². The van der Waals surface area contributed by atoms with Crippen molar-refractivity contribution in [2.45, 2.75) is 90.1 Å². The molecule has 0 saturated carbocycles. The highest BCUT2D eigenvalue weighted by Gasteiger charge is 2.37. The van der Waals surface area contributed by atoms with Crippen LogP contribution in [-0.4, -0.2) is 50.2 Å². The van der Waals surface area contributed by atoms with Crippen molar-refractivity contribution in [2.24, 2.45) is 0 Å². The normalized spacial score (nSPS) is 12.2. The molecule has 0 spiro atoms. The summed E-state index contributed by atoms with van der Waals surface area (Å²) < 4.78 is 43.6. The largest absolute Gasteiger partial charge is 0.488 e. The highest BCUT2D eigenvalue weighted by molar-refractivity contribution is 5.84. The first kappa shape index (κ1) is 28.5. The van der Waals surface area contributed by atoms with Crippen LogP contribution < -0.4 is 4.74 Å². The number of benzene rings is 1. The van der Waals surface area contributed by atoms with E-state index in [0.717, 1.165) is 17.6 Å². The third kappa shape index (κ3) is 13.8. The minimum atomic E-state index is -4.75. The second kappa shape index (κ2) is 15.3. The van der Waals surface area contributed by atoms with Gasteiger partial charge in [-0.05, 0) is 37.0 Å². The SMILES string of the molecule is CCCCCCCCCCCC[N+](C)(C)CCOc1ccc(CCC(=O)C(F)(F)F)cc1. The van der Waals surface area contributed by atoms with E-state index in [1.807, 2.05) is 0 Å². The van der Waals surface area contributed by atoms with Crippen LogP contribution in [-0.2, 0) is 11.2 Å². The third-order valence-corrected chi connectivity index (χ3v) is 5.96. The van der Waals surface area contributed by atoms with Gasteiger partial charge < -0.3 is 9.22 Å². The summed E-state index contributed by atoms with van der Waals surface area (Å²) in [5.41, 5.74) is 0.701. The number of ketones is 1. The van der Waals surface area contributed by atoms with Gasteiger partial charge in [-0.1, -0.05) is 70.4 Å². The van der Waals surface area contributed by atoms with Crippen molar-refractivity contribution in [1.82, 2.24) is 0 Å². The zero-order chi connectivity index (χ0) is 23.9. The molecule has 0 aliphatic rings. The summed E-state index contributed by atoms with van der Waals surface area (Å²) in [6.07, 6.45) is 8.21. The molecule has 0 aromatic heterocycles. The Morgan fingerprint density at radius 1 is 0.844 bits per heavy atom. The number of carbonyl (C=O) groups excluding carboxylic acids is 1. The molecule has 0 fully saturated rings. The van der Waals surface area contributed by atoms with E-state index in [1.54, 1.807) is 24.3 Å². The predicted molar refractivity (Wildman–Crippen MR) is 125 cm³/mol. The van der Waals surface area contributed by atoms with Crippen molar-refractivity contribution in [2.75, 3.05) is 33.8 Å². The predicted octanol–water partition coefficient (Wildman–Crippen LogP) is 7.13. The maximum Gasteiger partial charge on any atom is 0.449 e. The molecule has 1 rings (SSSR count). The minimum absolute atomic E-state index is 0.0847. The van der Waals surface area contributed by atoms with Gasteiger partial charge in [0.05, 0.1) is 20.6 Å². The molecule has 0 unspecified atom stereocenters. The van der Waals surface area contributed by atoms with Gasteiger partial charge in [-0.25, -0.2) is 0 Å². The molecule has 0 aliphatic carbocycles. The maximum atomic E-state index is 12.3. The molecule has 0 heterocycles. The zero-order valence-electron chi connectivity index (χ0n) is 20.3. The lowest BCUT2D eigenvalue weighted by Gasteiger charge is -2.29. The number of alkyl halides is 3. The monoisotopic (exact) mass is 458 g/mol. The number of hydrogen-bond acceptors (Lipinski definition) is 2. The molecule has 3 nitrogen and oxygen atoms in total. The molecule has 0 aliphatic heterocycles. The van der Waals surface area contributed by atoms with Crippen LogP contribution in [0.3, 0.4) is 0 Å². The molecular weight excluding hydrogens is 415 g/mol. The fraction of sp³-hybridized carbons (Fsp3) is 0.731. The summed E-state index contributed by atoms with van der Waals surface area (Å²) in [7, 11) is 4.44. The van der Waals surface area contributed by atoms with Crippen LogP contribution in [0.4, 0.5) is 13.2 Å². The smallest absolute Gasteiger partial charge is 0.449 e. The molecule has 0 radical (unpaired) electrons. The first-order chi connectivity index (χ1) is 15.1. The fourth-order valence-electron chi connectivity index (χ4n) is 3.70. The molecule has 0 N–H and O–H groups in total. The van der Waals surface area contributed by atoms with Gasteiger partial charge in [0.25, 0.3) is 0 Å². The Hall–Kier alpha value is -1.56. The first-order valence-corrected chi connectivity index (χ1v) is 12.3. The molecule has 0 bridgehead atoms. The van der Waals surface area contributed by atoms with E-state index in [-0.39, 0.29) is 6.42 Å². The molecular formula is C26H43F3NO2+. The Morgan fingerprint density at radius 3 is 1.91 bits per heavy atom. The van der Waals surface area contributed by atoms with Gasteiger partial charge in [0.1, 0.15) is 18.9 Å². The molecule has 32 heavy (non-hydrogen) atoms. The highest BCUT2D eigenvalue weighted by Crippen LogP contribution is 2.20. The zero-order valence-corrected chi connectivity index (χ0v) is 20.3. The lowest BCUT2D eigenvalue weighted by molar-refractivity contribution is -0.890. The summed E-state index contributed by atoms with van der Waals surface area (Å²) in [4.78, 5) is 11.0. The number of nitrogens with zero attached hydrogens (tertiary/aromatic N) is 1. The number of likely N-dealkylation sites (N-methyl/N-ethyl adjacent to an activating group) is 1. The van der Waals surface area contributed by atoms with Crippen LogP contribution in [0, 0.1) is 0 Å². The standard InChI is InChI=1S/C26H43F3NO2/c1-4-5-6-7-8-9-10-11-12-13-20-30(2,3)21-22-32-24-17-14-23(15-18-24)16-19-25(31)26(27,28)29/h14-15,17-18H,4-13,16,19-22H2,1-3H3/q+1. The second-order valence-corrected chi connectivity index (χ2v) is 9.48. The number of rotatable bonds is 18. The van der Waals surface area contributed by atoms with Gasteiger partial charge >= 0.3 is 6.18 Å². The van der Waals surface area contributed by atoms with Crippen LogP contribution >= 0.6 is 0 Å². The summed E-state index contributed by atoms with van der Waals surface area (Å²) in [6, 6.07) is 6.97. The number of carbonyl (C=O) groups is 1. The average Bonchev–Trinajstić information content (AvgIpc) is 2.73. The van der Waals surface area contributed by atoms with Gasteiger partial charge in [-0.3, -0.25) is 4.79 Å². The van der Waals surface area contributed by atoms with Crippen LogP contribution in [0.15, 0.2) is 24.3 Å². The van der Waals surface area contributed by atoms with Gasteiger partial charge in [0.2, 0.25) is 5.78 Å². The summed E-state index contributed by atoms with van der Waals surface area (Å²) in [5, 5.41) is 0. The van der Waals surface area contributed by atoms with Crippen LogP contribution in [0.1, 0.15) is 83.1 Å². The van der Waals surface area contributed by atoms with Gasteiger partial charge in [0.15, 0.2) is 0 Å². The number of ether oxygens (including phenoxy) is 1. The van der Waals surface area contributed by atoms with E-state index < -0.39 is 18.4 Å². The molecule has 0 atom stereocenters. The Bertz CT molecular complexity index is 627. The first-order valence-electron chi connectivity index (χ1n) is 12.3. The molecule has 0 saturated heterocycles. The van der Waals surface area contributed by atoms with Gasteiger partial charge in [-0.15, -0.1) is 0 Å². The Balaban J connectivity index is 2.14. The highest BCUT2D eigenvalue weighted by atomic mass is 19.4. The number of aryl methyl sites for hydroxylation is 1. The molecule has 1 aromatic carbocycles. The van der Waals surface area contributed by atoms with Gasteiger partial charge in [-0.2, -0.15) is 13.2 Å². The number of unbranched alkanes of at least 4 members (excludes halogenated alkanes) is 9.